The highest BCUT2D eigenvalue weighted by molar-refractivity contribution is 5.67. The Labute approximate surface area is 150 Å². The number of benzene rings is 1. The Morgan fingerprint density at radius 1 is 1.28 bits per heavy atom. The molecule has 2 atom stereocenters. The van der Waals surface area contributed by atoms with Crippen molar-refractivity contribution in [3.63, 3.8) is 0 Å². The molecule has 0 saturated carbocycles. The second-order valence-electron chi connectivity index (χ2n) is 7.32. The smallest absolute Gasteiger partial charge is 0.407 e. The second kappa shape index (κ2) is 9.45. The van der Waals surface area contributed by atoms with Crippen molar-refractivity contribution in [2.24, 2.45) is 5.92 Å². The van der Waals surface area contributed by atoms with E-state index in [2.05, 4.69) is 17.2 Å². The molecule has 5 nitrogen and oxygen atoms in total. The molecule has 0 aliphatic heterocycles. The summed E-state index contributed by atoms with van der Waals surface area (Å²) in [4.78, 5) is 11.6. The van der Waals surface area contributed by atoms with Crippen LogP contribution in [0.4, 0.5) is 4.79 Å². The minimum absolute atomic E-state index is 0.0696. The van der Waals surface area contributed by atoms with E-state index in [0.717, 1.165) is 11.1 Å². The number of hydrogen-bond acceptors (Lipinski definition) is 4. The van der Waals surface area contributed by atoms with E-state index < -0.39 is 23.9 Å². The van der Waals surface area contributed by atoms with Gasteiger partial charge in [-0.1, -0.05) is 37.8 Å². The van der Waals surface area contributed by atoms with Gasteiger partial charge in [0.15, 0.2) is 0 Å². The maximum absolute atomic E-state index is 11.6. The van der Waals surface area contributed by atoms with E-state index in [1.807, 2.05) is 32.0 Å². The molecule has 3 N–H and O–H groups in total. The molecular weight excluding hydrogens is 318 g/mol. The summed E-state index contributed by atoms with van der Waals surface area (Å²) in [5.41, 5.74) is 0.907. The molecule has 0 fully saturated rings. The summed E-state index contributed by atoms with van der Waals surface area (Å²) in [7, 11) is 0. The van der Waals surface area contributed by atoms with Gasteiger partial charge in [0.2, 0.25) is 0 Å². The third-order valence-electron chi connectivity index (χ3n) is 3.35. The van der Waals surface area contributed by atoms with Crippen LogP contribution in [-0.2, 0) is 4.74 Å². The molecule has 0 saturated heterocycles. The van der Waals surface area contributed by atoms with Crippen molar-refractivity contribution in [3.8, 4) is 11.8 Å². The zero-order valence-corrected chi connectivity index (χ0v) is 15.7. The topological polar surface area (TPSA) is 78.8 Å². The van der Waals surface area contributed by atoms with Gasteiger partial charge in [-0.25, -0.2) is 4.79 Å². The zero-order valence-electron chi connectivity index (χ0n) is 15.7. The van der Waals surface area contributed by atoms with Gasteiger partial charge >= 0.3 is 6.09 Å². The lowest BCUT2D eigenvalue weighted by molar-refractivity contribution is 0.0518. The van der Waals surface area contributed by atoms with Crippen LogP contribution in [0, 0.1) is 17.8 Å². The van der Waals surface area contributed by atoms with Crippen molar-refractivity contribution in [2.75, 3.05) is 6.54 Å². The fraction of sp³-hybridized carbons (Fsp3) is 0.550. The molecule has 1 amide bonds. The van der Waals surface area contributed by atoms with E-state index in [4.69, 9.17) is 4.74 Å². The van der Waals surface area contributed by atoms with Crippen LogP contribution in [0.1, 0.15) is 58.3 Å². The van der Waals surface area contributed by atoms with Gasteiger partial charge in [-0.05, 0) is 50.8 Å². The minimum Gasteiger partial charge on any atom is -0.444 e. The van der Waals surface area contributed by atoms with Crippen molar-refractivity contribution < 1.29 is 19.7 Å². The number of nitrogens with one attached hydrogen (secondary N) is 1. The molecule has 138 valence electrons. The van der Waals surface area contributed by atoms with Crippen LogP contribution in [0.25, 0.3) is 0 Å². The van der Waals surface area contributed by atoms with Crippen LogP contribution >= 0.6 is 0 Å². The van der Waals surface area contributed by atoms with E-state index in [0.29, 0.717) is 13.0 Å². The van der Waals surface area contributed by atoms with Crippen LogP contribution in [-0.4, -0.2) is 34.6 Å². The Kier molecular flexibility index (Phi) is 7.95. The van der Waals surface area contributed by atoms with Gasteiger partial charge in [-0.3, -0.25) is 0 Å². The fourth-order valence-corrected chi connectivity index (χ4v) is 1.94. The van der Waals surface area contributed by atoms with Crippen molar-refractivity contribution in [2.45, 2.75) is 58.8 Å². The molecule has 0 aliphatic carbocycles. The van der Waals surface area contributed by atoms with Crippen molar-refractivity contribution in [3.05, 3.63) is 35.4 Å². The molecule has 1 rings (SSSR count). The molecule has 25 heavy (non-hydrogen) atoms. The minimum atomic E-state index is -0.716. The maximum atomic E-state index is 11.6. The summed E-state index contributed by atoms with van der Waals surface area (Å²) in [6.45, 7) is 9.49. The largest absolute Gasteiger partial charge is 0.444 e. The lowest BCUT2D eigenvalue weighted by atomic mass is 10.0. The first kappa shape index (κ1) is 21.0. The standard InChI is InChI=1S/C20H29NO4/c1-14(2)17(22)10-9-15-7-6-8-16(13-15)18(23)11-12-21-19(24)25-20(3,4)5/h6-8,13-14,17-18,22-23H,11-12H2,1-5H3,(H,21,24). The number of ether oxygens (including phenoxy) is 1. The van der Waals surface area contributed by atoms with Crippen LogP contribution in [0.2, 0.25) is 0 Å². The van der Waals surface area contributed by atoms with Crippen molar-refractivity contribution >= 4 is 6.09 Å². The quantitative estimate of drug-likeness (QED) is 0.716. The van der Waals surface area contributed by atoms with E-state index in [-0.39, 0.29) is 5.92 Å². The monoisotopic (exact) mass is 347 g/mol. The molecule has 0 aromatic heterocycles. The van der Waals surface area contributed by atoms with Gasteiger partial charge in [0.1, 0.15) is 11.7 Å². The third-order valence-corrected chi connectivity index (χ3v) is 3.35. The third kappa shape index (κ3) is 8.57. The molecule has 2 unspecified atom stereocenters. The van der Waals surface area contributed by atoms with E-state index in [1.165, 1.54) is 0 Å². The molecule has 0 radical (unpaired) electrons. The van der Waals surface area contributed by atoms with Crippen LogP contribution in [0.15, 0.2) is 24.3 Å². The Hall–Kier alpha value is -2.03. The van der Waals surface area contributed by atoms with Gasteiger partial charge in [-0.15, -0.1) is 0 Å². The van der Waals surface area contributed by atoms with Gasteiger partial charge in [0.25, 0.3) is 0 Å². The first-order valence-electron chi connectivity index (χ1n) is 8.53. The first-order chi connectivity index (χ1) is 11.6. The summed E-state index contributed by atoms with van der Waals surface area (Å²) < 4.78 is 5.14. The summed E-state index contributed by atoms with van der Waals surface area (Å²) in [5.74, 6) is 5.78. The molecule has 0 bridgehead atoms. The highest BCUT2D eigenvalue weighted by Gasteiger charge is 2.16. The number of carbonyl (C=O) groups is 1. The van der Waals surface area contributed by atoms with Crippen molar-refractivity contribution in [1.82, 2.24) is 5.32 Å². The zero-order chi connectivity index (χ0) is 19.0. The number of aliphatic hydroxyl groups excluding tert-OH is 2. The molecule has 5 heteroatoms. The number of amides is 1. The Morgan fingerprint density at radius 2 is 1.96 bits per heavy atom. The van der Waals surface area contributed by atoms with Crippen LogP contribution < -0.4 is 5.32 Å². The first-order valence-corrected chi connectivity index (χ1v) is 8.53. The Balaban J connectivity index is 2.57. The molecule has 1 aromatic carbocycles. The number of aliphatic hydroxyl groups is 2. The molecule has 0 aliphatic rings. The van der Waals surface area contributed by atoms with Gasteiger partial charge in [0.05, 0.1) is 6.10 Å². The summed E-state index contributed by atoms with van der Waals surface area (Å²) in [6.07, 6.45) is -1.52. The number of rotatable bonds is 5. The van der Waals surface area contributed by atoms with E-state index in [1.54, 1.807) is 26.8 Å². The van der Waals surface area contributed by atoms with Gasteiger partial charge in [0, 0.05) is 12.1 Å². The lowest BCUT2D eigenvalue weighted by Crippen LogP contribution is -2.33. The normalized spacial score (nSPS) is 13.6. The number of alkyl carbamates (subject to hydrolysis) is 1. The fourth-order valence-electron chi connectivity index (χ4n) is 1.94. The van der Waals surface area contributed by atoms with Crippen LogP contribution in [0.3, 0.4) is 0 Å². The van der Waals surface area contributed by atoms with Crippen LogP contribution in [0.5, 0.6) is 0 Å². The predicted octanol–water partition coefficient (Wildman–Crippen LogP) is 3.00. The average Bonchev–Trinajstić information content (AvgIpc) is 2.50. The highest BCUT2D eigenvalue weighted by Crippen LogP contribution is 2.17. The van der Waals surface area contributed by atoms with Gasteiger partial charge in [-0.2, -0.15) is 0 Å². The summed E-state index contributed by atoms with van der Waals surface area (Å²) in [5, 5.41) is 22.6. The SMILES string of the molecule is CC(C)C(O)C#Cc1cccc(C(O)CCNC(=O)OC(C)(C)C)c1. The highest BCUT2D eigenvalue weighted by atomic mass is 16.6. The average molecular weight is 347 g/mol. The number of hydrogen-bond donors (Lipinski definition) is 3. The lowest BCUT2D eigenvalue weighted by Gasteiger charge is -2.20. The molecular formula is C20H29NO4. The van der Waals surface area contributed by atoms with E-state index in [9.17, 15) is 15.0 Å². The van der Waals surface area contributed by atoms with E-state index >= 15 is 0 Å². The molecule has 0 spiro atoms. The Bertz CT molecular complexity index is 623. The molecule has 0 heterocycles. The van der Waals surface area contributed by atoms with Gasteiger partial charge < -0.3 is 20.3 Å². The van der Waals surface area contributed by atoms with Crippen molar-refractivity contribution in [1.29, 1.82) is 0 Å². The second-order valence-corrected chi connectivity index (χ2v) is 7.32. The Morgan fingerprint density at radius 3 is 2.56 bits per heavy atom. The molecule has 1 aromatic rings. The number of carbonyl (C=O) groups excluding carboxylic acids is 1. The summed E-state index contributed by atoms with van der Waals surface area (Å²) >= 11 is 0. The summed E-state index contributed by atoms with van der Waals surface area (Å²) in [6, 6.07) is 7.24. The maximum Gasteiger partial charge on any atom is 0.407 e. The predicted molar refractivity (Wildman–Crippen MR) is 98.0 cm³/mol.